The van der Waals surface area contributed by atoms with Crippen molar-refractivity contribution in [1.82, 2.24) is 8.87 Å². The van der Waals surface area contributed by atoms with E-state index in [9.17, 15) is 18.0 Å². The van der Waals surface area contributed by atoms with Crippen LogP contribution in [0, 0.1) is 5.92 Å². The van der Waals surface area contributed by atoms with E-state index in [4.69, 9.17) is 5.73 Å². The lowest BCUT2D eigenvalue weighted by molar-refractivity contribution is -0.120. The Kier molecular flexibility index (Phi) is 5.53. The highest BCUT2D eigenvalue weighted by atomic mass is 32.2. The van der Waals surface area contributed by atoms with E-state index in [2.05, 4.69) is 17.4 Å². The maximum atomic E-state index is 13.0. The highest BCUT2D eigenvalue weighted by Gasteiger charge is 2.33. The number of anilines is 1. The summed E-state index contributed by atoms with van der Waals surface area (Å²) in [5, 5.41) is 3.02. The number of nitrogens with zero attached hydrogens (tertiary/aromatic N) is 2. The molecule has 2 heterocycles. The first-order valence-electron chi connectivity index (χ1n) is 11.2. The van der Waals surface area contributed by atoms with E-state index in [1.165, 1.54) is 43.4 Å². The number of piperidine rings is 1. The number of sulfonamides is 1. The van der Waals surface area contributed by atoms with Crippen molar-refractivity contribution < 1.29 is 18.0 Å². The lowest BCUT2D eigenvalue weighted by Crippen LogP contribution is -2.41. The third kappa shape index (κ3) is 3.91. The van der Waals surface area contributed by atoms with Crippen molar-refractivity contribution in [1.29, 1.82) is 0 Å². The van der Waals surface area contributed by atoms with Crippen molar-refractivity contribution >= 4 is 27.5 Å². The molecule has 2 aliphatic rings. The van der Waals surface area contributed by atoms with Gasteiger partial charge in [-0.05, 0) is 59.7 Å². The zero-order chi connectivity index (χ0) is 24.0. The fraction of sp³-hybridized carbons (Fsp3) is 0.280. The number of primary amides is 1. The van der Waals surface area contributed by atoms with Crippen molar-refractivity contribution in [2.24, 2.45) is 18.7 Å². The van der Waals surface area contributed by atoms with Crippen LogP contribution in [0.2, 0.25) is 0 Å². The topological polar surface area (TPSA) is 114 Å². The summed E-state index contributed by atoms with van der Waals surface area (Å²) >= 11 is 0. The molecule has 0 radical (unpaired) electrons. The van der Waals surface area contributed by atoms with E-state index in [0.29, 0.717) is 12.8 Å². The zero-order valence-electron chi connectivity index (χ0n) is 18.8. The number of carbonyl (C=O) groups is 2. The van der Waals surface area contributed by atoms with Crippen LogP contribution in [0.25, 0.3) is 11.1 Å². The van der Waals surface area contributed by atoms with Gasteiger partial charge in [0.2, 0.25) is 15.9 Å². The van der Waals surface area contributed by atoms with Gasteiger partial charge < -0.3 is 15.6 Å². The third-order valence-electron chi connectivity index (χ3n) is 6.76. The van der Waals surface area contributed by atoms with E-state index < -0.39 is 15.9 Å². The predicted molar refractivity (Wildman–Crippen MR) is 129 cm³/mol. The van der Waals surface area contributed by atoms with E-state index in [1.807, 2.05) is 30.3 Å². The summed E-state index contributed by atoms with van der Waals surface area (Å²) in [4.78, 5) is 24.4. The van der Waals surface area contributed by atoms with Gasteiger partial charge in [-0.25, -0.2) is 8.42 Å². The Balaban J connectivity index is 1.22. The molecule has 0 atom stereocenters. The number of aromatic nitrogens is 1. The number of nitrogens with two attached hydrogens (primary N) is 1. The van der Waals surface area contributed by atoms with Gasteiger partial charge in [0.25, 0.3) is 5.91 Å². The molecule has 0 bridgehead atoms. The monoisotopic (exact) mass is 478 g/mol. The van der Waals surface area contributed by atoms with Gasteiger partial charge in [-0.15, -0.1) is 0 Å². The number of nitrogens with one attached hydrogen (secondary N) is 1. The van der Waals surface area contributed by atoms with Crippen LogP contribution in [0.4, 0.5) is 5.69 Å². The first-order chi connectivity index (χ1) is 16.2. The molecule has 0 saturated carbocycles. The van der Waals surface area contributed by atoms with Gasteiger partial charge in [-0.1, -0.05) is 30.3 Å². The molecule has 1 fully saturated rings. The average molecular weight is 479 g/mol. The van der Waals surface area contributed by atoms with E-state index >= 15 is 0 Å². The van der Waals surface area contributed by atoms with Gasteiger partial charge in [-0.3, -0.25) is 9.59 Å². The fourth-order valence-electron chi connectivity index (χ4n) is 4.89. The molecule has 3 aromatic rings. The average Bonchev–Trinajstić information content (AvgIpc) is 3.39. The SMILES string of the molecule is Cn1cc(S(=O)(=O)N2CCC(C(=O)Nc3ccc4c(c3)Cc3ccccc3-4)CC2)cc1C(N)=O. The summed E-state index contributed by atoms with van der Waals surface area (Å²) in [5.41, 5.74) is 11.1. The van der Waals surface area contributed by atoms with Crippen LogP contribution in [-0.2, 0) is 28.3 Å². The number of aryl methyl sites for hydroxylation is 1. The Labute approximate surface area is 198 Å². The van der Waals surface area contributed by atoms with Gasteiger partial charge in [-0.2, -0.15) is 4.31 Å². The number of rotatable bonds is 5. The number of hydrogen-bond acceptors (Lipinski definition) is 4. The Morgan fingerprint density at radius 2 is 1.71 bits per heavy atom. The Morgan fingerprint density at radius 3 is 2.41 bits per heavy atom. The molecule has 1 saturated heterocycles. The van der Waals surface area contributed by atoms with Crippen molar-refractivity contribution in [3.8, 4) is 11.1 Å². The Morgan fingerprint density at radius 1 is 1.00 bits per heavy atom. The maximum Gasteiger partial charge on any atom is 0.265 e. The fourth-order valence-corrected chi connectivity index (χ4v) is 6.44. The molecule has 34 heavy (non-hydrogen) atoms. The minimum Gasteiger partial charge on any atom is -0.364 e. The van der Waals surface area contributed by atoms with Crippen LogP contribution in [0.15, 0.2) is 59.6 Å². The van der Waals surface area contributed by atoms with Crippen molar-refractivity contribution in [3.05, 3.63) is 71.5 Å². The molecule has 5 rings (SSSR count). The highest BCUT2D eigenvalue weighted by Crippen LogP contribution is 2.37. The normalized spacial score (nSPS) is 16.1. The summed E-state index contributed by atoms with van der Waals surface area (Å²) in [7, 11) is -2.19. The van der Waals surface area contributed by atoms with Gasteiger partial charge in [0.1, 0.15) is 10.6 Å². The molecule has 1 aliphatic carbocycles. The van der Waals surface area contributed by atoms with E-state index in [1.54, 1.807) is 7.05 Å². The summed E-state index contributed by atoms with van der Waals surface area (Å²) in [6.07, 6.45) is 3.09. The molecule has 0 unspecified atom stereocenters. The molecule has 176 valence electrons. The van der Waals surface area contributed by atoms with Gasteiger partial charge >= 0.3 is 0 Å². The number of amides is 2. The standard InChI is InChI=1S/C25H26N4O4S/c1-28-15-20(14-23(28)24(26)30)34(32,33)29-10-8-16(9-11-29)25(31)27-19-6-7-22-18(13-19)12-17-4-2-3-5-21(17)22/h2-7,13-16H,8-12H2,1H3,(H2,26,30)(H,27,31). The molecule has 9 heteroatoms. The van der Waals surface area contributed by atoms with E-state index in [-0.39, 0.29) is 35.5 Å². The summed E-state index contributed by atoms with van der Waals surface area (Å²) in [6, 6.07) is 15.6. The second kappa shape index (κ2) is 8.41. The molecular formula is C25H26N4O4S. The molecule has 3 N–H and O–H groups in total. The highest BCUT2D eigenvalue weighted by molar-refractivity contribution is 7.89. The number of fused-ring (bicyclic) bond motifs is 3. The summed E-state index contributed by atoms with van der Waals surface area (Å²) in [6.45, 7) is 0.474. The Bertz CT molecular complexity index is 1400. The number of hydrogen-bond donors (Lipinski definition) is 2. The van der Waals surface area contributed by atoms with Crippen LogP contribution in [0.3, 0.4) is 0 Å². The summed E-state index contributed by atoms with van der Waals surface area (Å²) in [5.74, 6) is -1.05. The first kappa shape index (κ1) is 22.4. The molecule has 2 aromatic carbocycles. The number of benzene rings is 2. The van der Waals surface area contributed by atoms with Gasteiger partial charge in [0, 0.05) is 37.9 Å². The van der Waals surface area contributed by atoms with Crippen molar-refractivity contribution in [2.45, 2.75) is 24.2 Å². The minimum absolute atomic E-state index is 0.0332. The van der Waals surface area contributed by atoms with Crippen LogP contribution >= 0.6 is 0 Å². The molecular weight excluding hydrogens is 452 g/mol. The largest absolute Gasteiger partial charge is 0.364 e. The first-order valence-corrected chi connectivity index (χ1v) is 12.7. The lowest BCUT2D eigenvalue weighted by atomic mass is 9.97. The minimum atomic E-state index is -3.77. The van der Waals surface area contributed by atoms with Crippen molar-refractivity contribution in [3.63, 3.8) is 0 Å². The van der Waals surface area contributed by atoms with Crippen LogP contribution in [0.5, 0.6) is 0 Å². The van der Waals surface area contributed by atoms with Crippen molar-refractivity contribution in [2.75, 3.05) is 18.4 Å². The molecule has 8 nitrogen and oxygen atoms in total. The second-order valence-corrected chi connectivity index (χ2v) is 10.8. The molecule has 1 aromatic heterocycles. The smallest absolute Gasteiger partial charge is 0.265 e. The number of carbonyl (C=O) groups excluding carboxylic acids is 2. The predicted octanol–water partition coefficient (Wildman–Crippen LogP) is 2.73. The van der Waals surface area contributed by atoms with Crippen LogP contribution in [0.1, 0.15) is 34.5 Å². The van der Waals surface area contributed by atoms with Gasteiger partial charge in [0.05, 0.1) is 0 Å². The Hall–Kier alpha value is -3.43. The van der Waals surface area contributed by atoms with Gasteiger partial charge in [0.15, 0.2) is 0 Å². The van der Waals surface area contributed by atoms with Crippen LogP contribution in [-0.4, -0.2) is 42.2 Å². The third-order valence-corrected chi connectivity index (χ3v) is 8.62. The van der Waals surface area contributed by atoms with E-state index in [0.717, 1.165) is 12.1 Å². The lowest BCUT2D eigenvalue weighted by Gasteiger charge is -2.30. The molecule has 0 spiro atoms. The van der Waals surface area contributed by atoms with Crippen LogP contribution < -0.4 is 11.1 Å². The molecule has 2 amide bonds. The molecule has 1 aliphatic heterocycles. The quantitative estimate of drug-likeness (QED) is 0.459. The zero-order valence-corrected chi connectivity index (χ0v) is 19.6. The second-order valence-electron chi connectivity index (χ2n) is 8.91. The summed E-state index contributed by atoms with van der Waals surface area (Å²) < 4.78 is 28.8. The maximum absolute atomic E-state index is 13.0.